The number of hydrogen-bond donors (Lipinski definition) is 0. The van der Waals surface area contributed by atoms with Gasteiger partial charge in [0.25, 0.3) is 5.91 Å². The highest BCUT2D eigenvalue weighted by Gasteiger charge is 2.17. The van der Waals surface area contributed by atoms with Crippen molar-refractivity contribution in [1.82, 2.24) is 9.88 Å². The molecule has 2 aromatic rings. The summed E-state index contributed by atoms with van der Waals surface area (Å²) in [5, 5.41) is 0. The topological polar surface area (TPSA) is 42.4 Å². The lowest BCUT2D eigenvalue weighted by Gasteiger charge is -2.18. The molecule has 1 aliphatic heterocycles. The van der Waals surface area contributed by atoms with Gasteiger partial charge in [0.2, 0.25) is 0 Å². The van der Waals surface area contributed by atoms with Crippen LogP contribution < -0.4 is 0 Å². The molecule has 0 radical (unpaired) electrons. The zero-order valence-electron chi connectivity index (χ0n) is 14.5. The third kappa shape index (κ3) is 4.42. The summed E-state index contributed by atoms with van der Waals surface area (Å²) in [5.41, 5.74) is 1.69. The van der Waals surface area contributed by atoms with Crippen LogP contribution in [0.4, 0.5) is 4.39 Å². The molecule has 0 N–H and O–H groups in total. The van der Waals surface area contributed by atoms with Gasteiger partial charge in [0, 0.05) is 37.5 Å². The maximum absolute atomic E-state index is 13.9. The molecule has 132 valence electrons. The van der Waals surface area contributed by atoms with E-state index in [-0.39, 0.29) is 5.91 Å². The Balaban J connectivity index is 1.63. The van der Waals surface area contributed by atoms with Crippen molar-refractivity contribution < 1.29 is 13.9 Å². The summed E-state index contributed by atoms with van der Waals surface area (Å²) >= 11 is 0. The number of carbonyl (C=O) groups excluding carboxylic acids is 1. The number of rotatable bonds is 6. The maximum Gasteiger partial charge on any atom is 0.253 e. The SMILES string of the molecule is CN(CCC[C@H]1CCCO1)C(=O)c1cccc(-c2ccncc2F)c1. The van der Waals surface area contributed by atoms with Crippen molar-refractivity contribution in [2.24, 2.45) is 0 Å². The van der Waals surface area contributed by atoms with Gasteiger partial charge < -0.3 is 9.64 Å². The van der Waals surface area contributed by atoms with Crippen molar-refractivity contribution >= 4 is 5.91 Å². The first-order valence-corrected chi connectivity index (χ1v) is 8.72. The minimum absolute atomic E-state index is 0.0522. The molecule has 0 aliphatic carbocycles. The molecule has 1 atom stereocenters. The van der Waals surface area contributed by atoms with Gasteiger partial charge >= 0.3 is 0 Å². The molecule has 4 nitrogen and oxygen atoms in total. The van der Waals surface area contributed by atoms with Crippen LogP contribution >= 0.6 is 0 Å². The number of hydrogen-bond acceptors (Lipinski definition) is 3. The number of nitrogens with zero attached hydrogens (tertiary/aromatic N) is 2. The van der Waals surface area contributed by atoms with Gasteiger partial charge in [0.15, 0.2) is 0 Å². The Kier molecular flexibility index (Phi) is 5.76. The molecule has 1 aromatic carbocycles. The smallest absolute Gasteiger partial charge is 0.253 e. The average molecular weight is 342 g/mol. The van der Waals surface area contributed by atoms with Gasteiger partial charge in [-0.3, -0.25) is 9.78 Å². The molecule has 0 spiro atoms. The van der Waals surface area contributed by atoms with Crippen molar-refractivity contribution in [2.75, 3.05) is 20.2 Å². The predicted molar refractivity (Wildman–Crippen MR) is 94.8 cm³/mol. The van der Waals surface area contributed by atoms with Crippen LogP contribution in [0, 0.1) is 5.82 Å². The van der Waals surface area contributed by atoms with Crippen LogP contribution in [-0.2, 0) is 4.74 Å². The molecule has 5 heteroatoms. The molecule has 1 fully saturated rings. The number of aromatic nitrogens is 1. The van der Waals surface area contributed by atoms with Crippen LogP contribution in [0.3, 0.4) is 0 Å². The van der Waals surface area contributed by atoms with Crippen LogP contribution in [-0.4, -0.2) is 42.1 Å². The number of ether oxygens (including phenoxy) is 1. The number of benzene rings is 1. The Morgan fingerprint density at radius 2 is 2.28 bits per heavy atom. The summed E-state index contributed by atoms with van der Waals surface area (Å²) < 4.78 is 19.5. The zero-order valence-corrected chi connectivity index (χ0v) is 14.5. The van der Waals surface area contributed by atoms with Gasteiger partial charge in [0.1, 0.15) is 5.82 Å². The molecular formula is C20H23FN2O2. The first-order valence-electron chi connectivity index (χ1n) is 8.72. The second-order valence-corrected chi connectivity index (χ2v) is 6.44. The minimum Gasteiger partial charge on any atom is -0.378 e. The standard InChI is InChI=1S/C20H23FN2O2/c1-23(11-3-7-17-8-4-12-25-17)20(24)16-6-2-5-15(13-16)18-9-10-22-14-19(18)21/h2,5-6,9-10,13-14,17H,3-4,7-8,11-12H2,1H3/t17-/m0/s1. The fourth-order valence-electron chi connectivity index (χ4n) is 3.18. The quantitative estimate of drug-likeness (QED) is 0.799. The highest BCUT2D eigenvalue weighted by atomic mass is 19.1. The Hall–Kier alpha value is -2.27. The summed E-state index contributed by atoms with van der Waals surface area (Å²) in [7, 11) is 1.80. The lowest BCUT2D eigenvalue weighted by atomic mass is 10.0. The van der Waals surface area contributed by atoms with Gasteiger partial charge in [-0.1, -0.05) is 12.1 Å². The van der Waals surface area contributed by atoms with E-state index in [1.807, 2.05) is 0 Å². The van der Waals surface area contributed by atoms with Crippen molar-refractivity contribution in [3.63, 3.8) is 0 Å². The van der Waals surface area contributed by atoms with Gasteiger partial charge in [-0.05, 0) is 49.4 Å². The largest absolute Gasteiger partial charge is 0.378 e. The van der Waals surface area contributed by atoms with Gasteiger partial charge in [-0.2, -0.15) is 0 Å². The second kappa shape index (κ2) is 8.21. The lowest BCUT2D eigenvalue weighted by Crippen LogP contribution is -2.28. The molecule has 3 rings (SSSR count). The maximum atomic E-state index is 13.9. The minimum atomic E-state index is -0.392. The van der Waals surface area contributed by atoms with E-state index in [2.05, 4.69) is 4.98 Å². The normalized spacial score (nSPS) is 16.8. The van der Waals surface area contributed by atoms with Crippen LogP contribution in [0.15, 0.2) is 42.7 Å². The van der Waals surface area contributed by atoms with E-state index in [9.17, 15) is 9.18 Å². The van der Waals surface area contributed by atoms with Crippen LogP contribution in [0.5, 0.6) is 0 Å². The molecule has 1 saturated heterocycles. The number of amides is 1. The van der Waals surface area contributed by atoms with Crippen LogP contribution in [0.1, 0.15) is 36.0 Å². The summed E-state index contributed by atoms with van der Waals surface area (Å²) in [4.78, 5) is 18.1. The zero-order chi connectivity index (χ0) is 17.6. The molecule has 25 heavy (non-hydrogen) atoms. The van der Waals surface area contributed by atoms with E-state index in [1.165, 1.54) is 6.20 Å². The Bertz CT molecular complexity index is 729. The van der Waals surface area contributed by atoms with Crippen LogP contribution in [0.25, 0.3) is 11.1 Å². The van der Waals surface area contributed by atoms with E-state index < -0.39 is 5.82 Å². The molecule has 0 saturated carbocycles. The first-order chi connectivity index (χ1) is 12.1. The molecule has 1 aromatic heterocycles. The molecule has 1 amide bonds. The monoisotopic (exact) mass is 342 g/mol. The van der Waals surface area contributed by atoms with E-state index in [0.717, 1.165) is 32.3 Å². The second-order valence-electron chi connectivity index (χ2n) is 6.44. The van der Waals surface area contributed by atoms with Gasteiger partial charge in [-0.25, -0.2) is 4.39 Å². The number of carbonyl (C=O) groups is 1. The predicted octanol–water partition coefficient (Wildman–Crippen LogP) is 3.92. The number of pyridine rings is 1. The Morgan fingerprint density at radius 3 is 3.04 bits per heavy atom. The third-order valence-electron chi connectivity index (χ3n) is 4.58. The van der Waals surface area contributed by atoms with Crippen molar-refractivity contribution in [1.29, 1.82) is 0 Å². The molecule has 0 bridgehead atoms. The van der Waals surface area contributed by atoms with E-state index in [4.69, 9.17) is 4.74 Å². The highest BCUT2D eigenvalue weighted by molar-refractivity contribution is 5.95. The van der Waals surface area contributed by atoms with Crippen molar-refractivity contribution in [3.05, 3.63) is 54.1 Å². The first kappa shape index (κ1) is 17.5. The Morgan fingerprint density at radius 1 is 1.40 bits per heavy atom. The van der Waals surface area contributed by atoms with Gasteiger partial charge in [0.05, 0.1) is 12.3 Å². The molecule has 1 aliphatic rings. The molecular weight excluding hydrogens is 319 g/mol. The lowest BCUT2D eigenvalue weighted by molar-refractivity contribution is 0.0763. The fraction of sp³-hybridized carbons (Fsp3) is 0.400. The molecule has 2 heterocycles. The van der Waals surface area contributed by atoms with Crippen molar-refractivity contribution in [3.8, 4) is 11.1 Å². The number of halogens is 1. The third-order valence-corrected chi connectivity index (χ3v) is 4.58. The van der Waals surface area contributed by atoms with Gasteiger partial charge in [-0.15, -0.1) is 0 Å². The summed E-state index contributed by atoms with van der Waals surface area (Å²) in [6.45, 7) is 1.55. The summed E-state index contributed by atoms with van der Waals surface area (Å²) in [6.07, 6.45) is 7.24. The van der Waals surface area contributed by atoms with Crippen molar-refractivity contribution in [2.45, 2.75) is 31.8 Å². The summed E-state index contributed by atoms with van der Waals surface area (Å²) in [5.74, 6) is -0.444. The average Bonchev–Trinajstić information content (AvgIpc) is 3.15. The molecule has 0 unspecified atom stereocenters. The van der Waals surface area contributed by atoms with E-state index in [0.29, 0.717) is 29.3 Å². The fourth-order valence-corrected chi connectivity index (χ4v) is 3.18. The van der Waals surface area contributed by atoms with E-state index >= 15 is 0 Å². The van der Waals surface area contributed by atoms with E-state index in [1.54, 1.807) is 48.5 Å². The Labute approximate surface area is 147 Å². The summed E-state index contributed by atoms with van der Waals surface area (Å²) in [6, 6.07) is 8.69. The van der Waals surface area contributed by atoms with Crippen LogP contribution in [0.2, 0.25) is 0 Å². The highest BCUT2D eigenvalue weighted by Crippen LogP contribution is 2.23.